The second kappa shape index (κ2) is 7.41. The summed E-state index contributed by atoms with van der Waals surface area (Å²) in [5.74, 6) is 0.805. The maximum Gasteiger partial charge on any atom is 0.227 e. The van der Waals surface area contributed by atoms with Gasteiger partial charge in [0.05, 0.1) is 12.8 Å². The number of hydrogen-bond acceptors (Lipinski definition) is 3. The molecule has 0 bridgehead atoms. The summed E-state index contributed by atoms with van der Waals surface area (Å²) in [6, 6.07) is 14.1. The van der Waals surface area contributed by atoms with Gasteiger partial charge in [0.1, 0.15) is 5.75 Å². The summed E-state index contributed by atoms with van der Waals surface area (Å²) in [7, 11) is 1.64. The van der Waals surface area contributed by atoms with E-state index in [9.17, 15) is 4.79 Å². The first-order valence-electron chi connectivity index (χ1n) is 7.10. The molecule has 0 aliphatic rings. The number of ether oxygens (including phenoxy) is 1. The van der Waals surface area contributed by atoms with Crippen LogP contribution in [0.1, 0.15) is 22.3 Å². The monoisotopic (exact) mass is 296 g/mol. The molecule has 0 fully saturated rings. The number of nitrogens with one attached hydrogen (secondary N) is 1. The molecule has 114 valence electrons. The minimum Gasteiger partial charge on any atom is -0.497 e. The summed E-state index contributed by atoms with van der Waals surface area (Å²) in [5.41, 5.74) is 7.64. The molecule has 1 N–H and O–H groups in total. The number of methoxy groups -OCH3 is 1. The van der Waals surface area contributed by atoms with Crippen LogP contribution in [-0.4, -0.2) is 19.2 Å². The van der Waals surface area contributed by atoms with Crippen molar-refractivity contribution in [2.24, 2.45) is 5.10 Å². The Morgan fingerprint density at radius 3 is 2.50 bits per heavy atom. The summed E-state index contributed by atoms with van der Waals surface area (Å²) < 4.78 is 5.23. The largest absolute Gasteiger partial charge is 0.497 e. The molecule has 0 heterocycles. The molecule has 2 aromatic rings. The van der Waals surface area contributed by atoms with E-state index in [1.807, 2.05) is 25.1 Å². The van der Waals surface area contributed by atoms with Gasteiger partial charge in [-0.25, -0.2) is 5.43 Å². The highest BCUT2D eigenvalue weighted by atomic mass is 16.5. The molecule has 0 radical (unpaired) electrons. The number of amides is 1. The van der Waals surface area contributed by atoms with E-state index in [1.165, 1.54) is 5.56 Å². The third kappa shape index (κ3) is 3.95. The minimum atomic E-state index is 0.577. The van der Waals surface area contributed by atoms with Crippen LogP contribution in [0.2, 0.25) is 0 Å². The molecule has 0 aliphatic heterocycles. The molecule has 0 spiro atoms. The van der Waals surface area contributed by atoms with Crippen LogP contribution in [0.25, 0.3) is 0 Å². The van der Waals surface area contributed by atoms with Crippen LogP contribution in [0.15, 0.2) is 47.6 Å². The molecule has 4 heteroatoms. The zero-order chi connectivity index (χ0) is 15.9. The van der Waals surface area contributed by atoms with E-state index in [2.05, 4.69) is 41.7 Å². The molecule has 2 rings (SSSR count). The van der Waals surface area contributed by atoms with Crippen LogP contribution in [0, 0.1) is 13.8 Å². The highest BCUT2D eigenvalue weighted by Gasteiger charge is 2.09. The first kappa shape index (κ1) is 15.8. The normalized spacial score (nSPS) is 11.1. The molecule has 0 aliphatic carbocycles. The number of aryl methyl sites for hydroxylation is 2. The molecular weight excluding hydrogens is 276 g/mol. The summed E-state index contributed by atoms with van der Waals surface area (Å²) in [6.07, 6.45) is 1.22. The van der Waals surface area contributed by atoms with Gasteiger partial charge in [-0.15, -0.1) is 0 Å². The van der Waals surface area contributed by atoms with Crippen LogP contribution in [0.4, 0.5) is 0 Å². The average molecular weight is 296 g/mol. The fraction of sp³-hybridized carbons (Fsp3) is 0.222. The van der Waals surface area contributed by atoms with Crippen molar-refractivity contribution in [2.45, 2.75) is 20.3 Å². The summed E-state index contributed by atoms with van der Waals surface area (Å²) in [4.78, 5) is 10.6. The maximum atomic E-state index is 10.6. The fourth-order valence-corrected chi connectivity index (χ4v) is 2.29. The van der Waals surface area contributed by atoms with Gasteiger partial charge in [-0.1, -0.05) is 29.8 Å². The lowest BCUT2D eigenvalue weighted by atomic mass is 9.98. The number of hydrazone groups is 1. The van der Waals surface area contributed by atoms with Crippen LogP contribution >= 0.6 is 0 Å². The molecule has 0 aromatic heterocycles. The Bertz CT molecular complexity index is 676. The Hall–Kier alpha value is -2.62. The quantitative estimate of drug-likeness (QED) is 0.506. The van der Waals surface area contributed by atoms with Crippen LogP contribution in [0.3, 0.4) is 0 Å². The number of carbonyl (C=O) groups excluding carboxylic acids is 1. The van der Waals surface area contributed by atoms with Crippen molar-refractivity contribution in [1.29, 1.82) is 0 Å². The SMILES string of the molecule is COc1ccc(/C(Cc2ccc(C)cc2)=N\NC=O)c(C)c1. The lowest BCUT2D eigenvalue weighted by Gasteiger charge is -2.11. The third-order valence-corrected chi connectivity index (χ3v) is 3.49. The van der Waals surface area contributed by atoms with Gasteiger partial charge in [-0.3, -0.25) is 4.79 Å². The standard InChI is InChI=1S/C18H20N2O2/c1-13-4-6-15(7-5-13)11-18(20-19-12-21)17-9-8-16(22-3)10-14(17)2/h4-10,12H,11H2,1-3H3,(H,19,21)/b20-18-. The maximum absolute atomic E-state index is 10.6. The molecule has 2 aromatic carbocycles. The second-order valence-electron chi connectivity index (χ2n) is 5.15. The number of carbonyl (C=O) groups is 1. The van der Waals surface area contributed by atoms with Crippen molar-refractivity contribution < 1.29 is 9.53 Å². The smallest absolute Gasteiger partial charge is 0.227 e. The Morgan fingerprint density at radius 1 is 1.18 bits per heavy atom. The van der Waals surface area contributed by atoms with Gasteiger partial charge in [0, 0.05) is 12.0 Å². The van der Waals surface area contributed by atoms with Crippen molar-refractivity contribution in [3.63, 3.8) is 0 Å². The van der Waals surface area contributed by atoms with Crippen molar-refractivity contribution in [1.82, 2.24) is 5.43 Å². The second-order valence-corrected chi connectivity index (χ2v) is 5.15. The van der Waals surface area contributed by atoms with Gasteiger partial charge < -0.3 is 4.74 Å². The van der Waals surface area contributed by atoms with Gasteiger partial charge in [-0.2, -0.15) is 5.10 Å². The Morgan fingerprint density at radius 2 is 1.91 bits per heavy atom. The fourth-order valence-electron chi connectivity index (χ4n) is 2.29. The van der Waals surface area contributed by atoms with Gasteiger partial charge in [0.2, 0.25) is 6.41 Å². The lowest BCUT2D eigenvalue weighted by molar-refractivity contribution is -0.109. The molecule has 0 atom stereocenters. The number of rotatable bonds is 6. The van der Waals surface area contributed by atoms with Gasteiger partial charge in [0.25, 0.3) is 0 Å². The predicted octanol–water partition coefficient (Wildman–Crippen LogP) is 3.00. The predicted molar refractivity (Wildman–Crippen MR) is 88.4 cm³/mol. The first-order valence-corrected chi connectivity index (χ1v) is 7.10. The topological polar surface area (TPSA) is 50.7 Å². The van der Waals surface area contributed by atoms with E-state index >= 15 is 0 Å². The lowest BCUT2D eigenvalue weighted by Crippen LogP contribution is -2.13. The van der Waals surface area contributed by atoms with Crippen molar-refractivity contribution >= 4 is 12.1 Å². The van der Waals surface area contributed by atoms with Gasteiger partial charge in [0.15, 0.2) is 0 Å². The van der Waals surface area contributed by atoms with E-state index in [0.717, 1.165) is 28.2 Å². The number of benzene rings is 2. The van der Waals surface area contributed by atoms with Gasteiger partial charge >= 0.3 is 0 Å². The minimum absolute atomic E-state index is 0.577. The molecule has 0 saturated carbocycles. The summed E-state index contributed by atoms with van der Waals surface area (Å²) in [5, 5.41) is 4.20. The van der Waals surface area contributed by atoms with Crippen molar-refractivity contribution in [3.05, 3.63) is 64.7 Å². The van der Waals surface area contributed by atoms with E-state index in [0.29, 0.717) is 12.8 Å². The molecule has 0 saturated heterocycles. The summed E-state index contributed by atoms with van der Waals surface area (Å²) in [6.45, 7) is 4.06. The number of nitrogens with zero attached hydrogens (tertiary/aromatic N) is 1. The zero-order valence-corrected chi connectivity index (χ0v) is 13.1. The van der Waals surface area contributed by atoms with Crippen LogP contribution in [-0.2, 0) is 11.2 Å². The summed E-state index contributed by atoms with van der Waals surface area (Å²) >= 11 is 0. The van der Waals surface area contributed by atoms with Crippen LogP contribution < -0.4 is 10.2 Å². The van der Waals surface area contributed by atoms with E-state index in [-0.39, 0.29) is 0 Å². The third-order valence-electron chi connectivity index (χ3n) is 3.49. The molecule has 4 nitrogen and oxygen atoms in total. The van der Waals surface area contributed by atoms with Crippen molar-refractivity contribution in [3.8, 4) is 5.75 Å². The van der Waals surface area contributed by atoms with E-state index in [1.54, 1.807) is 7.11 Å². The number of hydrogen-bond donors (Lipinski definition) is 1. The molecule has 22 heavy (non-hydrogen) atoms. The van der Waals surface area contributed by atoms with E-state index < -0.39 is 0 Å². The highest BCUT2D eigenvalue weighted by Crippen LogP contribution is 2.19. The molecule has 1 amide bonds. The molecular formula is C18H20N2O2. The Labute approximate surface area is 130 Å². The highest BCUT2D eigenvalue weighted by molar-refractivity contribution is 6.03. The van der Waals surface area contributed by atoms with Crippen LogP contribution in [0.5, 0.6) is 5.75 Å². The van der Waals surface area contributed by atoms with Gasteiger partial charge in [-0.05, 0) is 43.2 Å². The van der Waals surface area contributed by atoms with Crippen molar-refractivity contribution in [2.75, 3.05) is 7.11 Å². The Balaban J connectivity index is 2.34. The van der Waals surface area contributed by atoms with E-state index in [4.69, 9.17) is 4.74 Å². The molecule has 0 unspecified atom stereocenters. The Kier molecular flexibility index (Phi) is 5.31. The average Bonchev–Trinajstić information content (AvgIpc) is 2.53. The first-order chi connectivity index (χ1) is 10.6. The zero-order valence-electron chi connectivity index (χ0n) is 13.1.